The van der Waals surface area contributed by atoms with E-state index in [0.717, 1.165) is 12.1 Å². The standard InChI is InChI=1S/C20H23FN2O/c1-4-11-23(3)15(2)12-16-5-8-19(9-6-16)22-14-17-13-18(21)7-10-20(17)24/h1,5-10,13,15,22,24H,11-12,14H2,2-3H3/t15-/m1/s1. The van der Waals surface area contributed by atoms with Crippen LogP contribution in [0.5, 0.6) is 5.75 Å². The van der Waals surface area contributed by atoms with E-state index >= 15 is 0 Å². The van der Waals surface area contributed by atoms with Crippen LogP contribution in [0.1, 0.15) is 18.1 Å². The molecule has 0 heterocycles. The highest BCUT2D eigenvalue weighted by Crippen LogP contribution is 2.20. The maximum atomic E-state index is 13.2. The van der Waals surface area contributed by atoms with Crippen molar-refractivity contribution in [2.24, 2.45) is 0 Å². The lowest BCUT2D eigenvalue weighted by Gasteiger charge is -2.22. The molecule has 0 amide bonds. The Morgan fingerprint density at radius 1 is 1.25 bits per heavy atom. The van der Waals surface area contributed by atoms with Crippen LogP contribution in [0.2, 0.25) is 0 Å². The summed E-state index contributed by atoms with van der Waals surface area (Å²) >= 11 is 0. The van der Waals surface area contributed by atoms with Crippen molar-refractivity contribution in [3.05, 3.63) is 59.4 Å². The molecule has 0 aromatic heterocycles. The molecule has 2 N–H and O–H groups in total. The zero-order chi connectivity index (χ0) is 17.5. The third-order valence-corrected chi connectivity index (χ3v) is 4.10. The van der Waals surface area contributed by atoms with E-state index in [4.69, 9.17) is 6.42 Å². The Bertz CT molecular complexity index is 707. The van der Waals surface area contributed by atoms with Gasteiger partial charge in [0, 0.05) is 23.8 Å². The van der Waals surface area contributed by atoms with Crippen LogP contribution in [-0.4, -0.2) is 29.6 Å². The van der Waals surface area contributed by atoms with Gasteiger partial charge in [-0.05, 0) is 56.3 Å². The summed E-state index contributed by atoms with van der Waals surface area (Å²) in [6.07, 6.45) is 6.26. The highest BCUT2D eigenvalue weighted by molar-refractivity contribution is 5.46. The lowest BCUT2D eigenvalue weighted by molar-refractivity contribution is 0.287. The number of phenols is 1. The fourth-order valence-corrected chi connectivity index (χ4v) is 2.45. The van der Waals surface area contributed by atoms with Crippen molar-refractivity contribution in [1.82, 2.24) is 4.90 Å². The number of likely N-dealkylation sites (N-methyl/N-ethyl adjacent to an activating group) is 1. The predicted molar refractivity (Wildman–Crippen MR) is 96.5 cm³/mol. The van der Waals surface area contributed by atoms with Gasteiger partial charge in [-0.2, -0.15) is 0 Å². The van der Waals surface area contributed by atoms with E-state index in [9.17, 15) is 9.50 Å². The van der Waals surface area contributed by atoms with Crippen LogP contribution in [0.15, 0.2) is 42.5 Å². The van der Waals surface area contributed by atoms with Gasteiger partial charge in [-0.1, -0.05) is 18.1 Å². The van der Waals surface area contributed by atoms with Crippen LogP contribution in [-0.2, 0) is 13.0 Å². The first-order valence-electron chi connectivity index (χ1n) is 7.93. The topological polar surface area (TPSA) is 35.5 Å². The average molecular weight is 326 g/mol. The minimum Gasteiger partial charge on any atom is -0.508 e. The molecule has 2 aromatic rings. The molecule has 0 radical (unpaired) electrons. The van der Waals surface area contributed by atoms with E-state index in [0.29, 0.717) is 24.7 Å². The van der Waals surface area contributed by atoms with E-state index in [1.807, 2.05) is 19.2 Å². The molecule has 1 atom stereocenters. The fourth-order valence-electron chi connectivity index (χ4n) is 2.45. The van der Waals surface area contributed by atoms with Gasteiger partial charge >= 0.3 is 0 Å². The summed E-state index contributed by atoms with van der Waals surface area (Å²) in [6, 6.07) is 12.4. The smallest absolute Gasteiger partial charge is 0.123 e. The molecule has 0 spiro atoms. The molecule has 0 saturated carbocycles. The van der Waals surface area contributed by atoms with E-state index in [1.54, 1.807) is 0 Å². The Balaban J connectivity index is 1.92. The van der Waals surface area contributed by atoms with Crippen molar-refractivity contribution in [3.63, 3.8) is 0 Å². The molecule has 3 nitrogen and oxygen atoms in total. The molecule has 0 aliphatic carbocycles. The van der Waals surface area contributed by atoms with E-state index in [1.165, 1.54) is 23.8 Å². The second kappa shape index (κ2) is 8.37. The Morgan fingerprint density at radius 3 is 2.62 bits per heavy atom. The van der Waals surface area contributed by atoms with Crippen molar-refractivity contribution in [2.45, 2.75) is 25.9 Å². The van der Waals surface area contributed by atoms with Gasteiger partial charge in [0.25, 0.3) is 0 Å². The van der Waals surface area contributed by atoms with Crippen LogP contribution < -0.4 is 5.32 Å². The van der Waals surface area contributed by atoms with E-state index < -0.39 is 0 Å². The molecule has 2 rings (SSSR count). The fraction of sp³-hybridized carbons (Fsp3) is 0.300. The largest absolute Gasteiger partial charge is 0.508 e. The highest BCUT2D eigenvalue weighted by Gasteiger charge is 2.09. The molecule has 0 aliphatic heterocycles. The maximum Gasteiger partial charge on any atom is 0.123 e. The molecule has 4 heteroatoms. The second-order valence-corrected chi connectivity index (χ2v) is 6.00. The highest BCUT2D eigenvalue weighted by atomic mass is 19.1. The Labute approximate surface area is 143 Å². The Hall–Kier alpha value is -2.51. The molecule has 0 unspecified atom stereocenters. The third-order valence-electron chi connectivity index (χ3n) is 4.10. The number of rotatable bonds is 7. The number of hydrogen-bond acceptors (Lipinski definition) is 3. The number of hydrogen-bond donors (Lipinski definition) is 2. The Morgan fingerprint density at radius 2 is 1.96 bits per heavy atom. The lowest BCUT2D eigenvalue weighted by atomic mass is 10.1. The first-order chi connectivity index (χ1) is 11.5. The number of phenolic OH excluding ortho intramolecular Hbond substituents is 1. The second-order valence-electron chi connectivity index (χ2n) is 6.00. The predicted octanol–water partition coefficient (Wildman–Crippen LogP) is 3.64. The van der Waals surface area contributed by atoms with Gasteiger partial charge in [0.1, 0.15) is 11.6 Å². The van der Waals surface area contributed by atoms with Crippen molar-refractivity contribution >= 4 is 5.69 Å². The number of terminal acetylenes is 1. The van der Waals surface area contributed by atoms with Crippen molar-refractivity contribution < 1.29 is 9.50 Å². The van der Waals surface area contributed by atoms with Gasteiger partial charge in [-0.3, -0.25) is 4.90 Å². The summed E-state index contributed by atoms with van der Waals surface area (Å²) in [5, 5.41) is 12.9. The number of aromatic hydroxyl groups is 1. The number of halogens is 1. The molecule has 0 aliphatic rings. The van der Waals surface area contributed by atoms with Crippen molar-refractivity contribution in [1.29, 1.82) is 0 Å². The monoisotopic (exact) mass is 326 g/mol. The summed E-state index contributed by atoms with van der Waals surface area (Å²) in [5.74, 6) is 2.39. The van der Waals surface area contributed by atoms with Crippen molar-refractivity contribution in [3.8, 4) is 18.1 Å². The third kappa shape index (κ3) is 5.00. The summed E-state index contributed by atoms with van der Waals surface area (Å²) in [6.45, 7) is 3.15. The molecule has 0 saturated heterocycles. The number of anilines is 1. The van der Waals surface area contributed by atoms with E-state index in [2.05, 4.69) is 35.2 Å². The summed E-state index contributed by atoms with van der Waals surface area (Å²) in [5.41, 5.74) is 2.68. The normalized spacial score (nSPS) is 12.0. The molecular weight excluding hydrogens is 303 g/mol. The minimum atomic E-state index is -0.356. The van der Waals surface area contributed by atoms with Gasteiger partial charge in [0.05, 0.1) is 6.54 Å². The van der Waals surface area contributed by atoms with Gasteiger partial charge in [0.2, 0.25) is 0 Å². The molecule has 0 fully saturated rings. The molecular formula is C20H23FN2O. The zero-order valence-corrected chi connectivity index (χ0v) is 14.1. The molecule has 0 bridgehead atoms. The minimum absolute atomic E-state index is 0.0888. The molecule has 126 valence electrons. The van der Waals surface area contributed by atoms with Gasteiger partial charge < -0.3 is 10.4 Å². The van der Waals surface area contributed by atoms with Crippen LogP contribution in [0.4, 0.5) is 10.1 Å². The van der Waals surface area contributed by atoms with Crippen LogP contribution in [0.3, 0.4) is 0 Å². The number of nitrogens with zero attached hydrogens (tertiary/aromatic N) is 1. The number of nitrogens with one attached hydrogen (secondary N) is 1. The van der Waals surface area contributed by atoms with Gasteiger partial charge in [0.15, 0.2) is 0 Å². The van der Waals surface area contributed by atoms with Gasteiger partial charge in [-0.25, -0.2) is 4.39 Å². The maximum absolute atomic E-state index is 13.2. The quantitative estimate of drug-likeness (QED) is 0.763. The lowest BCUT2D eigenvalue weighted by Crippen LogP contribution is -2.31. The number of benzene rings is 2. The SMILES string of the molecule is C#CCN(C)[C@H](C)Cc1ccc(NCc2cc(F)ccc2O)cc1. The summed E-state index contributed by atoms with van der Waals surface area (Å²) < 4.78 is 13.2. The summed E-state index contributed by atoms with van der Waals surface area (Å²) in [4.78, 5) is 2.14. The van der Waals surface area contributed by atoms with Crippen LogP contribution in [0, 0.1) is 18.2 Å². The average Bonchev–Trinajstić information content (AvgIpc) is 2.57. The molecule has 24 heavy (non-hydrogen) atoms. The van der Waals surface area contributed by atoms with Crippen molar-refractivity contribution in [2.75, 3.05) is 18.9 Å². The molecule has 2 aromatic carbocycles. The van der Waals surface area contributed by atoms with E-state index in [-0.39, 0.29) is 11.6 Å². The first-order valence-corrected chi connectivity index (χ1v) is 7.93. The van der Waals surface area contributed by atoms with Crippen LogP contribution >= 0.6 is 0 Å². The van der Waals surface area contributed by atoms with Gasteiger partial charge in [-0.15, -0.1) is 6.42 Å². The zero-order valence-electron chi connectivity index (χ0n) is 14.1. The Kier molecular flexibility index (Phi) is 6.22. The summed E-state index contributed by atoms with van der Waals surface area (Å²) in [7, 11) is 2.02. The first kappa shape index (κ1) is 17.8. The van der Waals surface area contributed by atoms with Crippen LogP contribution in [0.25, 0.3) is 0 Å².